The maximum Gasteiger partial charge on any atom is 0.155 e. The number of fused-ring (bicyclic) bond motifs is 2. The van der Waals surface area contributed by atoms with Gasteiger partial charge in [0.2, 0.25) is 0 Å². The number of hydrogen-bond donors (Lipinski definition) is 1. The van der Waals surface area contributed by atoms with Crippen LogP contribution in [0.4, 0.5) is 0 Å². The van der Waals surface area contributed by atoms with Crippen molar-refractivity contribution in [2.45, 2.75) is 52.3 Å². The van der Waals surface area contributed by atoms with Crippen molar-refractivity contribution in [3.8, 4) is 5.75 Å². The van der Waals surface area contributed by atoms with Gasteiger partial charge in [0.15, 0.2) is 5.65 Å². The van der Waals surface area contributed by atoms with Gasteiger partial charge in [-0.2, -0.15) is 5.10 Å². The van der Waals surface area contributed by atoms with E-state index in [0.29, 0.717) is 12.1 Å². The largest absolute Gasteiger partial charge is 0.490 e. The molecule has 25 heavy (non-hydrogen) atoms. The summed E-state index contributed by atoms with van der Waals surface area (Å²) in [6.45, 7) is 7.11. The van der Waals surface area contributed by atoms with Crippen molar-refractivity contribution in [1.82, 2.24) is 19.9 Å². The Bertz CT molecular complexity index is 902. The minimum absolute atomic E-state index is 0.300. The number of rotatable bonds is 5. The molecule has 3 heterocycles. The highest BCUT2D eigenvalue weighted by atomic mass is 16.5. The van der Waals surface area contributed by atoms with Crippen molar-refractivity contribution in [3.63, 3.8) is 0 Å². The zero-order chi connectivity index (χ0) is 17.4. The van der Waals surface area contributed by atoms with Crippen LogP contribution in [0, 0.1) is 6.92 Å². The van der Waals surface area contributed by atoms with E-state index in [1.807, 2.05) is 29.9 Å². The molecule has 2 aromatic heterocycles. The average Bonchev–Trinajstić information content (AvgIpc) is 3.12. The summed E-state index contributed by atoms with van der Waals surface area (Å²) >= 11 is 0. The summed E-state index contributed by atoms with van der Waals surface area (Å²) < 4.78 is 7.62. The van der Waals surface area contributed by atoms with Gasteiger partial charge in [0.25, 0.3) is 0 Å². The summed E-state index contributed by atoms with van der Waals surface area (Å²) in [4.78, 5) is 4.46. The molecule has 1 aliphatic heterocycles. The van der Waals surface area contributed by atoms with Gasteiger partial charge in [-0.1, -0.05) is 12.1 Å². The monoisotopic (exact) mass is 336 g/mol. The molecule has 0 aliphatic carbocycles. The van der Waals surface area contributed by atoms with Gasteiger partial charge in [0.1, 0.15) is 11.9 Å². The van der Waals surface area contributed by atoms with Gasteiger partial charge in [-0.25, -0.2) is 9.50 Å². The fraction of sp³-hybridized carbons (Fsp3) is 0.400. The van der Waals surface area contributed by atoms with Crippen molar-refractivity contribution >= 4 is 5.65 Å². The molecule has 1 aromatic carbocycles. The van der Waals surface area contributed by atoms with E-state index in [0.717, 1.165) is 42.0 Å². The van der Waals surface area contributed by atoms with Gasteiger partial charge < -0.3 is 10.1 Å². The Kier molecular flexibility index (Phi) is 4.17. The molecule has 3 aromatic rings. The van der Waals surface area contributed by atoms with Crippen LogP contribution in [-0.2, 0) is 19.4 Å². The predicted octanol–water partition coefficient (Wildman–Crippen LogP) is 3.08. The number of nitrogens with one attached hydrogen (secondary N) is 1. The van der Waals surface area contributed by atoms with Crippen LogP contribution >= 0.6 is 0 Å². The number of benzene rings is 1. The maximum atomic E-state index is 5.78. The molecule has 1 N–H and O–H groups in total. The van der Waals surface area contributed by atoms with Gasteiger partial charge in [-0.05, 0) is 44.4 Å². The van der Waals surface area contributed by atoms with E-state index in [4.69, 9.17) is 4.74 Å². The molecule has 4 rings (SSSR count). The molecule has 0 saturated carbocycles. The number of ether oxygens (including phenoxy) is 1. The summed E-state index contributed by atoms with van der Waals surface area (Å²) in [5.74, 6) is 1.05. The molecule has 5 heteroatoms. The lowest BCUT2D eigenvalue weighted by molar-refractivity contribution is 0.254. The fourth-order valence-corrected chi connectivity index (χ4v) is 3.45. The third-order valence-corrected chi connectivity index (χ3v) is 4.65. The third-order valence-electron chi connectivity index (χ3n) is 4.65. The molecular formula is C20H24N4O. The van der Waals surface area contributed by atoms with E-state index < -0.39 is 0 Å². The fourth-order valence-electron chi connectivity index (χ4n) is 3.45. The van der Waals surface area contributed by atoms with Crippen molar-refractivity contribution in [3.05, 3.63) is 59.0 Å². The number of aryl methyl sites for hydroxylation is 1. The molecule has 0 spiro atoms. The number of nitrogens with zero attached hydrogens (tertiary/aromatic N) is 3. The van der Waals surface area contributed by atoms with Gasteiger partial charge in [0, 0.05) is 43.0 Å². The first-order valence-electron chi connectivity index (χ1n) is 8.89. The van der Waals surface area contributed by atoms with Crippen molar-refractivity contribution < 1.29 is 4.74 Å². The lowest BCUT2D eigenvalue weighted by Gasteiger charge is -2.14. The summed E-state index contributed by atoms with van der Waals surface area (Å²) in [6.07, 6.45) is 6.28. The second-order valence-corrected chi connectivity index (χ2v) is 7.11. The number of hydrogen-bond acceptors (Lipinski definition) is 4. The summed E-state index contributed by atoms with van der Waals surface area (Å²) in [6, 6.07) is 8.94. The van der Waals surface area contributed by atoms with Gasteiger partial charge in [-0.3, -0.25) is 0 Å². The van der Waals surface area contributed by atoms with Crippen LogP contribution < -0.4 is 10.1 Å². The average molecular weight is 336 g/mol. The second kappa shape index (κ2) is 6.48. The first-order chi connectivity index (χ1) is 12.1. The lowest BCUT2D eigenvalue weighted by Crippen LogP contribution is -2.27. The van der Waals surface area contributed by atoms with Crippen LogP contribution in [-0.4, -0.2) is 26.7 Å². The van der Waals surface area contributed by atoms with Gasteiger partial charge >= 0.3 is 0 Å². The van der Waals surface area contributed by atoms with Crippen molar-refractivity contribution in [1.29, 1.82) is 0 Å². The summed E-state index contributed by atoms with van der Waals surface area (Å²) in [7, 11) is 0. The highest BCUT2D eigenvalue weighted by molar-refractivity contribution is 5.41. The molecule has 0 bridgehead atoms. The normalized spacial score (nSPS) is 17.5. The zero-order valence-corrected chi connectivity index (χ0v) is 15.0. The van der Waals surface area contributed by atoms with Crippen LogP contribution in [0.1, 0.15) is 36.2 Å². The van der Waals surface area contributed by atoms with E-state index in [2.05, 4.69) is 47.4 Å². The minimum Gasteiger partial charge on any atom is -0.490 e. The van der Waals surface area contributed by atoms with E-state index in [-0.39, 0.29) is 0 Å². The Morgan fingerprint density at radius 3 is 3.08 bits per heavy atom. The zero-order valence-electron chi connectivity index (χ0n) is 15.0. The smallest absolute Gasteiger partial charge is 0.155 e. The van der Waals surface area contributed by atoms with Gasteiger partial charge in [0.05, 0.1) is 5.69 Å². The number of aromatic nitrogens is 3. The van der Waals surface area contributed by atoms with Crippen LogP contribution in [0.15, 0.2) is 36.7 Å². The van der Waals surface area contributed by atoms with E-state index in [9.17, 15) is 0 Å². The third kappa shape index (κ3) is 3.51. The van der Waals surface area contributed by atoms with Crippen LogP contribution in [0.5, 0.6) is 5.75 Å². The van der Waals surface area contributed by atoms with E-state index >= 15 is 0 Å². The Balaban J connectivity index is 1.37. The Hall–Kier alpha value is -2.40. The molecule has 0 saturated heterocycles. The van der Waals surface area contributed by atoms with Crippen molar-refractivity contribution in [2.24, 2.45) is 0 Å². The summed E-state index contributed by atoms with van der Waals surface area (Å²) in [5, 5.41) is 8.01. The highest BCUT2D eigenvalue weighted by Gasteiger charge is 2.19. The summed E-state index contributed by atoms with van der Waals surface area (Å²) in [5.41, 5.74) is 5.71. The Labute approximate surface area is 148 Å². The van der Waals surface area contributed by atoms with Crippen LogP contribution in [0.2, 0.25) is 0 Å². The van der Waals surface area contributed by atoms with Gasteiger partial charge in [-0.15, -0.1) is 0 Å². The molecule has 5 nitrogen and oxygen atoms in total. The van der Waals surface area contributed by atoms with Crippen LogP contribution in [0.25, 0.3) is 5.65 Å². The second-order valence-electron chi connectivity index (χ2n) is 7.11. The Morgan fingerprint density at radius 2 is 2.20 bits per heavy atom. The molecule has 2 atom stereocenters. The van der Waals surface area contributed by atoms with Crippen molar-refractivity contribution in [2.75, 3.05) is 0 Å². The first-order valence-corrected chi connectivity index (χ1v) is 8.89. The van der Waals surface area contributed by atoms with E-state index in [1.54, 1.807) is 0 Å². The quantitative estimate of drug-likeness (QED) is 0.778. The standard InChI is InChI=1S/C20H24N4O/c1-13(6-16-4-5-19-18(9-16)8-15(3)25-19)21-10-17-11-22-20-7-14(2)23-24(20)12-17/h4-5,7,9,11-13,15,21H,6,8,10H2,1-3H3/t13-,15?/m1/s1. The maximum absolute atomic E-state index is 5.78. The lowest BCUT2D eigenvalue weighted by atomic mass is 10.0. The molecule has 0 radical (unpaired) electrons. The molecule has 1 aliphatic rings. The molecule has 0 fully saturated rings. The molecule has 1 unspecified atom stereocenters. The van der Waals surface area contributed by atoms with E-state index in [1.165, 1.54) is 11.1 Å². The minimum atomic E-state index is 0.300. The molecule has 130 valence electrons. The predicted molar refractivity (Wildman–Crippen MR) is 98.0 cm³/mol. The Morgan fingerprint density at radius 1 is 1.32 bits per heavy atom. The molecule has 0 amide bonds. The topological polar surface area (TPSA) is 51.5 Å². The SMILES string of the molecule is Cc1cc2ncc(CN[C@H](C)Cc3ccc4c(c3)CC(C)O4)cn2n1. The van der Waals surface area contributed by atoms with Crippen LogP contribution in [0.3, 0.4) is 0 Å². The first kappa shape index (κ1) is 16.1. The highest BCUT2D eigenvalue weighted by Crippen LogP contribution is 2.29. The molecular weight excluding hydrogens is 312 g/mol.